The maximum Gasteiger partial charge on any atom is 0.646 e. The zero-order valence-corrected chi connectivity index (χ0v) is 23.0. The van der Waals surface area contributed by atoms with Crippen molar-refractivity contribution in [3.05, 3.63) is 107 Å². The van der Waals surface area contributed by atoms with Crippen molar-refractivity contribution >= 4 is 25.4 Å². The maximum absolute atomic E-state index is 14.2. The minimum Gasteiger partial charge on any atom is -0.456 e. The summed E-state index contributed by atoms with van der Waals surface area (Å²) >= 11 is 0. The molecular formula is C29H27N2O9P. The lowest BCUT2D eigenvalue weighted by Crippen LogP contribution is -2.63. The van der Waals surface area contributed by atoms with Crippen molar-refractivity contribution in [1.29, 1.82) is 0 Å². The molecule has 1 amide bonds. The van der Waals surface area contributed by atoms with E-state index in [2.05, 4.69) is 5.18 Å². The Balaban J connectivity index is 1.49. The smallest absolute Gasteiger partial charge is 0.456 e. The van der Waals surface area contributed by atoms with Crippen molar-refractivity contribution in [2.24, 2.45) is 17.0 Å². The molecule has 0 radical (unpaired) electrons. The summed E-state index contributed by atoms with van der Waals surface area (Å²) in [5, 5.41) is 13.1. The Kier molecular flexibility index (Phi) is 7.92. The Morgan fingerprint density at radius 2 is 1.51 bits per heavy atom. The predicted octanol–water partition coefficient (Wildman–Crippen LogP) is 5.48. The molecule has 2 aliphatic rings. The van der Waals surface area contributed by atoms with Gasteiger partial charge in [-0.3, -0.25) is 9.69 Å². The number of hydrogen-bond acceptors (Lipinski definition) is 10. The number of benzene rings is 3. The van der Waals surface area contributed by atoms with Crippen LogP contribution in [0, 0.1) is 16.7 Å². The fourth-order valence-electron chi connectivity index (χ4n) is 4.90. The van der Waals surface area contributed by atoms with Crippen LogP contribution >= 0.6 is 7.82 Å². The van der Waals surface area contributed by atoms with Gasteiger partial charge in [0.2, 0.25) is 5.91 Å². The van der Waals surface area contributed by atoms with E-state index in [4.69, 9.17) is 18.3 Å². The third-order valence-corrected chi connectivity index (χ3v) is 8.13. The molecule has 5 rings (SSSR count). The third-order valence-electron chi connectivity index (χ3n) is 6.84. The first-order chi connectivity index (χ1) is 19.7. The van der Waals surface area contributed by atoms with Gasteiger partial charge < -0.3 is 23.4 Å². The minimum absolute atomic E-state index is 0.118. The zero-order chi connectivity index (χ0) is 29.1. The molecule has 3 aromatic carbocycles. The molecule has 0 unspecified atom stereocenters. The number of phosphoric acid groups is 1. The van der Waals surface area contributed by atoms with E-state index in [1.807, 2.05) is 0 Å². The molecule has 0 aromatic heterocycles. The average Bonchev–Trinajstić information content (AvgIpc) is 3.20. The van der Waals surface area contributed by atoms with Crippen molar-refractivity contribution in [1.82, 2.24) is 4.90 Å². The number of aliphatic hydroxyl groups is 1. The Morgan fingerprint density at radius 3 is 2.02 bits per heavy atom. The molecule has 11 nitrogen and oxygen atoms in total. The average molecular weight is 579 g/mol. The highest BCUT2D eigenvalue weighted by Crippen LogP contribution is 2.57. The van der Waals surface area contributed by atoms with Gasteiger partial charge in [0.25, 0.3) is 0 Å². The number of fused-ring (bicyclic) bond motifs is 1. The summed E-state index contributed by atoms with van der Waals surface area (Å²) in [5.74, 6) is -2.61. The topological polar surface area (TPSA) is 141 Å². The van der Waals surface area contributed by atoms with Crippen LogP contribution in [0.15, 0.2) is 102 Å². The summed E-state index contributed by atoms with van der Waals surface area (Å²) in [6.07, 6.45) is -0.999. The summed E-state index contributed by atoms with van der Waals surface area (Å²) < 4.78 is 37.1. The number of phosphoric ester groups is 1. The van der Waals surface area contributed by atoms with Crippen molar-refractivity contribution in [3.8, 4) is 11.5 Å². The number of rotatable bonds is 11. The molecule has 1 N–H and O–H groups in total. The van der Waals surface area contributed by atoms with E-state index in [0.717, 1.165) is 0 Å². The quantitative estimate of drug-likeness (QED) is 0.135. The Morgan fingerprint density at radius 1 is 0.951 bits per heavy atom. The number of carbonyl (C=O) groups excluding carboxylic acids is 2. The number of β-lactam (4-membered cyclic amide) rings is 1. The van der Waals surface area contributed by atoms with Crippen LogP contribution in [-0.4, -0.2) is 34.0 Å². The molecule has 0 spiro atoms. The minimum atomic E-state index is -4.51. The van der Waals surface area contributed by atoms with Crippen molar-refractivity contribution < 1.29 is 37.6 Å². The molecule has 1 fully saturated rings. The van der Waals surface area contributed by atoms with Crippen molar-refractivity contribution in [2.75, 3.05) is 0 Å². The molecule has 3 aromatic rings. The summed E-state index contributed by atoms with van der Waals surface area (Å²) in [4.78, 5) is 38.4. The van der Waals surface area contributed by atoms with E-state index in [1.165, 1.54) is 24.0 Å². The molecular weight excluding hydrogens is 551 g/mol. The van der Waals surface area contributed by atoms with Crippen LogP contribution in [-0.2, 0) is 30.0 Å². The van der Waals surface area contributed by atoms with Crippen LogP contribution in [0.1, 0.15) is 19.4 Å². The Labute approximate surface area is 235 Å². The largest absolute Gasteiger partial charge is 0.646 e. The van der Waals surface area contributed by atoms with Crippen LogP contribution in [0.4, 0.5) is 5.69 Å². The second kappa shape index (κ2) is 11.6. The van der Waals surface area contributed by atoms with E-state index in [-0.39, 0.29) is 35.2 Å². The monoisotopic (exact) mass is 578 g/mol. The molecule has 212 valence electrons. The highest BCUT2D eigenvalue weighted by Gasteiger charge is 2.62. The number of aliphatic hydroxyl groups excluding tert-OH is 1. The number of ether oxygens (including phenoxy) is 1. The second-order valence-corrected chi connectivity index (χ2v) is 11.1. The highest BCUT2D eigenvalue weighted by atomic mass is 31.2. The number of esters is 1. The normalized spacial score (nSPS) is 20.5. The summed E-state index contributed by atoms with van der Waals surface area (Å²) in [6.45, 7) is 2.99. The van der Waals surface area contributed by atoms with Gasteiger partial charge in [0.05, 0.1) is 18.1 Å². The standard InChI is InChI=1S/C29H27N2O9P/c1-18-25-24(19(2)32)28(33)31(25)26(29(34)37-17-20-13-15-21(30-35)16-14-20)27(18)40-41(36,38-22-9-5-3-6-10-22)39-23-11-7-4-8-12-23/h3-16,18-19,24-25,32H,17H2,1-2H3/t18-,19-,24-,25-/m1/s1. The molecule has 0 aliphatic carbocycles. The summed E-state index contributed by atoms with van der Waals surface area (Å²) in [6, 6.07) is 21.9. The third kappa shape index (κ3) is 5.73. The SMILES string of the molecule is C[C@@H](O)[C@H]1C(=O)N2C(C(=O)OCc3ccc(N=O)cc3)=C(OP(=O)(Oc3ccccc3)Oc3ccccc3)[C@H](C)[C@H]12. The molecule has 2 aliphatic heterocycles. The van der Waals surface area contributed by atoms with Crippen LogP contribution in [0.3, 0.4) is 0 Å². The predicted molar refractivity (Wildman–Crippen MR) is 147 cm³/mol. The number of nitrogens with zero attached hydrogens (tertiary/aromatic N) is 2. The van der Waals surface area contributed by atoms with Crippen LogP contribution < -0.4 is 9.05 Å². The van der Waals surface area contributed by atoms with Gasteiger partial charge >= 0.3 is 13.8 Å². The van der Waals surface area contributed by atoms with Gasteiger partial charge in [0.15, 0.2) is 5.70 Å². The van der Waals surface area contributed by atoms with Crippen LogP contribution in [0.2, 0.25) is 0 Å². The zero-order valence-electron chi connectivity index (χ0n) is 22.2. The van der Waals surface area contributed by atoms with E-state index < -0.39 is 43.7 Å². The summed E-state index contributed by atoms with van der Waals surface area (Å²) in [7, 11) is -4.51. The number of carbonyl (C=O) groups is 2. The molecule has 0 saturated carbocycles. The first-order valence-corrected chi connectivity index (χ1v) is 14.3. The molecule has 0 bridgehead atoms. The lowest BCUT2D eigenvalue weighted by atomic mass is 9.79. The van der Waals surface area contributed by atoms with Gasteiger partial charge in [-0.1, -0.05) is 55.5 Å². The molecule has 2 heterocycles. The fourth-order valence-corrected chi connectivity index (χ4v) is 6.27. The van der Waals surface area contributed by atoms with E-state index in [0.29, 0.717) is 5.56 Å². The molecule has 4 atom stereocenters. The lowest BCUT2D eigenvalue weighted by molar-refractivity contribution is -0.164. The molecule has 12 heteroatoms. The van der Waals surface area contributed by atoms with E-state index in [9.17, 15) is 24.2 Å². The van der Waals surface area contributed by atoms with Gasteiger partial charge in [-0.2, -0.15) is 4.57 Å². The van der Waals surface area contributed by atoms with Gasteiger partial charge in [-0.25, -0.2) is 4.79 Å². The first-order valence-electron chi connectivity index (χ1n) is 12.8. The Hall–Kier alpha value is -4.47. The lowest BCUT2D eigenvalue weighted by Gasteiger charge is -2.46. The maximum atomic E-state index is 14.2. The van der Waals surface area contributed by atoms with Crippen molar-refractivity contribution in [3.63, 3.8) is 0 Å². The van der Waals surface area contributed by atoms with Crippen molar-refractivity contribution in [2.45, 2.75) is 32.6 Å². The van der Waals surface area contributed by atoms with Gasteiger partial charge in [0.1, 0.15) is 29.6 Å². The number of nitroso groups, excluding NO2 is 1. The van der Waals surface area contributed by atoms with Gasteiger partial charge in [0, 0.05) is 5.92 Å². The first kappa shape index (κ1) is 28.1. The fraction of sp³-hybridized carbons (Fsp3) is 0.241. The van der Waals surface area contributed by atoms with Gasteiger partial charge in [-0.15, -0.1) is 4.91 Å². The Bertz CT molecular complexity index is 1460. The van der Waals surface area contributed by atoms with Crippen LogP contribution in [0.25, 0.3) is 0 Å². The number of amides is 1. The van der Waals surface area contributed by atoms with E-state index >= 15 is 0 Å². The molecule has 41 heavy (non-hydrogen) atoms. The number of para-hydroxylation sites is 2. The van der Waals surface area contributed by atoms with Crippen LogP contribution in [0.5, 0.6) is 11.5 Å². The highest BCUT2D eigenvalue weighted by molar-refractivity contribution is 7.49. The van der Waals surface area contributed by atoms with E-state index in [1.54, 1.807) is 79.7 Å². The number of hydrogen-bond donors (Lipinski definition) is 1. The molecule has 1 saturated heterocycles. The second-order valence-electron chi connectivity index (χ2n) is 9.65. The van der Waals surface area contributed by atoms with Gasteiger partial charge in [-0.05, 0) is 54.1 Å². The summed E-state index contributed by atoms with van der Waals surface area (Å²) in [5.41, 5.74) is 0.539.